The number of benzene rings is 3. The third kappa shape index (κ3) is 4.59. The summed E-state index contributed by atoms with van der Waals surface area (Å²) in [6.45, 7) is 5.84. The van der Waals surface area contributed by atoms with Gasteiger partial charge < -0.3 is 19.8 Å². The van der Waals surface area contributed by atoms with Crippen LogP contribution >= 0.6 is 24.8 Å². The van der Waals surface area contributed by atoms with Crippen LogP contribution in [0.3, 0.4) is 0 Å². The fourth-order valence-electron chi connectivity index (χ4n) is 6.96. The lowest BCUT2D eigenvalue weighted by Gasteiger charge is -2.43. The highest BCUT2D eigenvalue weighted by Gasteiger charge is 2.41. The molecule has 2 aliphatic rings. The Morgan fingerprint density at radius 3 is 1.84 bits per heavy atom. The summed E-state index contributed by atoms with van der Waals surface area (Å²) in [5, 5.41) is 2.73. The highest BCUT2D eigenvalue weighted by atomic mass is 35.5. The van der Waals surface area contributed by atoms with Crippen molar-refractivity contribution >= 4 is 52.3 Å². The average Bonchev–Trinajstić information content (AvgIpc) is 3.69. The molecule has 6 heteroatoms. The molecule has 0 radical (unpaired) electrons. The maximum absolute atomic E-state index is 3.58. The molecule has 2 fully saturated rings. The topological polar surface area (TPSA) is 38.1 Å². The summed E-state index contributed by atoms with van der Waals surface area (Å²) in [6, 6.07) is 28.5. The number of aromatic nitrogens is 2. The molecule has 7 rings (SSSR count). The summed E-state index contributed by atoms with van der Waals surface area (Å²) < 4.78 is 0. The number of H-pyrrole nitrogens is 2. The third-order valence-corrected chi connectivity index (χ3v) is 8.84. The summed E-state index contributed by atoms with van der Waals surface area (Å²) >= 11 is 0. The van der Waals surface area contributed by atoms with Crippen LogP contribution in [0.4, 0.5) is 5.69 Å². The molecule has 38 heavy (non-hydrogen) atoms. The first-order valence-corrected chi connectivity index (χ1v) is 13.5. The van der Waals surface area contributed by atoms with Gasteiger partial charge in [-0.25, -0.2) is 0 Å². The molecular weight excluding hydrogens is 511 g/mol. The normalized spacial score (nSPS) is 19.4. The van der Waals surface area contributed by atoms with Crippen molar-refractivity contribution in [2.75, 3.05) is 37.6 Å². The van der Waals surface area contributed by atoms with Crippen molar-refractivity contribution in [2.24, 2.45) is 5.92 Å². The third-order valence-electron chi connectivity index (χ3n) is 8.84. The second-order valence-corrected chi connectivity index (χ2v) is 10.8. The van der Waals surface area contributed by atoms with E-state index in [1.807, 2.05) is 0 Å². The molecule has 198 valence electrons. The second-order valence-electron chi connectivity index (χ2n) is 10.8. The van der Waals surface area contributed by atoms with E-state index in [4.69, 9.17) is 0 Å². The Kier molecular flexibility index (Phi) is 7.76. The van der Waals surface area contributed by atoms with E-state index in [1.54, 1.807) is 0 Å². The Balaban J connectivity index is 0.00000147. The van der Waals surface area contributed by atoms with Gasteiger partial charge in [0.1, 0.15) is 0 Å². The molecule has 0 amide bonds. The quantitative estimate of drug-likeness (QED) is 0.241. The fraction of sp³-hybridized carbons (Fsp3) is 0.312. The fourth-order valence-corrected chi connectivity index (χ4v) is 6.96. The molecule has 2 aromatic heterocycles. The van der Waals surface area contributed by atoms with Crippen molar-refractivity contribution in [3.63, 3.8) is 0 Å². The van der Waals surface area contributed by atoms with Crippen molar-refractivity contribution < 1.29 is 0 Å². The number of nitrogens with zero attached hydrogens (tertiary/aromatic N) is 2. The van der Waals surface area contributed by atoms with Crippen molar-refractivity contribution in [2.45, 2.75) is 24.7 Å². The van der Waals surface area contributed by atoms with Crippen molar-refractivity contribution in [3.8, 4) is 0 Å². The van der Waals surface area contributed by atoms with Gasteiger partial charge in [-0.15, -0.1) is 24.8 Å². The van der Waals surface area contributed by atoms with Gasteiger partial charge >= 0.3 is 0 Å². The zero-order chi connectivity index (χ0) is 24.0. The molecule has 4 nitrogen and oxygen atoms in total. The van der Waals surface area contributed by atoms with E-state index in [-0.39, 0.29) is 30.2 Å². The maximum atomic E-state index is 3.58. The first-order chi connectivity index (χ1) is 17.8. The Morgan fingerprint density at radius 2 is 1.24 bits per heavy atom. The van der Waals surface area contributed by atoms with E-state index in [0.717, 1.165) is 31.8 Å². The summed E-state index contributed by atoms with van der Waals surface area (Å²) in [4.78, 5) is 12.5. The van der Waals surface area contributed by atoms with E-state index in [9.17, 15) is 0 Å². The zero-order valence-corrected chi connectivity index (χ0v) is 23.2. The van der Waals surface area contributed by atoms with Crippen LogP contribution in [0.15, 0.2) is 91.3 Å². The molecule has 0 bridgehead atoms. The Bertz CT molecular complexity index is 1410. The van der Waals surface area contributed by atoms with Crippen LogP contribution < -0.4 is 4.90 Å². The van der Waals surface area contributed by atoms with Gasteiger partial charge in [-0.2, -0.15) is 0 Å². The number of anilines is 1. The highest BCUT2D eigenvalue weighted by molar-refractivity contribution is 5.89. The van der Waals surface area contributed by atoms with Crippen molar-refractivity contribution in [1.29, 1.82) is 0 Å². The van der Waals surface area contributed by atoms with E-state index in [2.05, 4.69) is 111 Å². The molecule has 3 aromatic carbocycles. The minimum absolute atomic E-state index is 0. The molecule has 0 spiro atoms. The predicted octanol–water partition coefficient (Wildman–Crippen LogP) is 7.40. The number of nitrogens with one attached hydrogen (secondary N) is 2. The number of aromatic amines is 2. The molecule has 2 N–H and O–H groups in total. The van der Waals surface area contributed by atoms with Gasteiger partial charge in [0.25, 0.3) is 0 Å². The first kappa shape index (κ1) is 26.7. The number of halogens is 2. The summed E-state index contributed by atoms with van der Waals surface area (Å²) in [5.74, 6) is 0.749. The highest BCUT2D eigenvalue weighted by Crippen LogP contribution is 2.47. The molecular formula is C32H36Cl2N4. The van der Waals surface area contributed by atoms with Crippen LogP contribution in [0.5, 0.6) is 0 Å². The van der Waals surface area contributed by atoms with Crippen molar-refractivity contribution in [3.05, 3.63) is 102 Å². The predicted molar refractivity (Wildman–Crippen MR) is 164 cm³/mol. The number of piperidine rings is 1. The Hall–Kier alpha value is -2.92. The molecule has 0 aliphatic carbocycles. The lowest BCUT2D eigenvalue weighted by atomic mass is 9.67. The van der Waals surface area contributed by atoms with Gasteiger partial charge in [-0.3, -0.25) is 0 Å². The van der Waals surface area contributed by atoms with Gasteiger partial charge in [0, 0.05) is 64.9 Å². The maximum Gasteiger partial charge on any atom is 0.0457 e. The van der Waals surface area contributed by atoms with E-state index < -0.39 is 0 Å². The standard InChI is InChI=1S/C32H34N4.2ClH/c1-2-8-25(9-3-1)36-17-14-24(23-36)22-35-18-15-32(16-19-35,28-20-33-30-12-6-4-10-26(28)30)29-21-34-31-13-7-5-11-27(29)31;;/h1-13,20-21,24,33-34H,14-19,22-23H2;2*1H. The zero-order valence-electron chi connectivity index (χ0n) is 21.6. The Labute approximate surface area is 237 Å². The number of hydrogen-bond donors (Lipinski definition) is 2. The molecule has 2 aliphatic heterocycles. The van der Waals surface area contributed by atoms with Crippen LogP contribution in [0.2, 0.25) is 0 Å². The first-order valence-electron chi connectivity index (χ1n) is 13.5. The van der Waals surface area contributed by atoms with Crippen LogP contribution in [0, 0.1) is 5.92 Å². The molecule has 2 saturated heterocycles. The number of rotatable bonds is 5. The van der Waals surface area contributed by atoms with Gasteiger partial charge in [-0.05, 0) is 73.7 Å². The number of fused-ring (bicyclic) bond motifs is 2. The largest absolute Gasteiger partial charge is 0.371 e. The summed E-state index contributed by atoms with van der Waals surface area (Å²) in [6.07, 6.45) is 8.16. The molecule has 5 aromatic rings. The van der Waals surface area contributed by atoms with Gasteiger partial charge in [0.2, 0.25) is 0 Å². The van der Waals surface area contributed by atoms with Crippen LogP contribution in [-0.2, 0) is 5.41 Å². The average molecular weight is 548 g/mol. The van der Waals surface area contributed by atoms with Gasteiger partial charge in [0.15, 0.2) is 0 Å². The van der Waals surface area contributed by atoms with E-state index in [1.165, 1.54) is 64.7 Å². The lowest BCUT2D eigenvalue weighted by Crippen LogP contribution is -2.45. The number of likely N-dealkylation sites (tertiary alicyclic amines) is 1. The molecule has 4 heterocycles. The molecule has 1 atom stereocenters. The monoisotopic (exact) mass is 546 g/mol. The van der Waals surface area contributed by atoms with Gasteiger partial charge in [0.05, 0.1) is 0 Å². The SMILES string of the molecule is Cl.Cl.c1ccc(N2CCC(CN3CCC(c4c[nH]c5ccccc45)(c4c[nH]c5ccccc45)CC3)C2)cc1. The molecule has 0 saturated carbocycles. The molecule has 1 unspecified atom stereocenters. The van der Waals surface area contributed by atoms with E-state index in [0.29, 0.717) is 0 Å². The second kappa shape index (κ2) is 11.1. The Morgan fingerprint density at radius 1 is 0.684 bits per heavy atom. The number of hydrogen-bond acceptors (Lipinski definition) is 2. The summed E-state index contributed by atoms with van der Waals surface area (Å²) in [7, 11) is 0. The van der Waals surface area contributed by atoms with Crippen LogP contribution in [0.25, 0.3) is 21.8 Å². The van der Waals surface area contributed by atoms with Crippen LogP contribution in [-0.4, -0.2) is 47.6 Å². The van der Waals surface area contributed by atoms with Crippen molar-refractivity contribution in [1.82, 2.24) is 14.9 Å². The van der Waals surface area contributed by atoms with Gasteiger partial charge in [-0.1, -0.05) is 54.6 Å². The minimum atomic E-state index is 0. The number of para-hydroxylation sites is 3. The lowest BCUT2D eigenvalue weighted by molar-refractivity contribution is 0.161. The van der Waals surface area contributed by atoms with E-state index >= 15 is 0 Å². The van der Waals surface area contributed by atoms with Crippen LogP contribution in [0.1, 0.15) is 30.4 Å². The smallest absolute Gasteiger partial charge is 0.0457 e. The minimum Gasteiger partial charge on any atom is -0.371 e. The summed E-state index contributed by atoms with van der Waals surface area (Å²) in [5.41, 5.74) is 6.78.